The zero-order valence-corrected chi connectivity index (χ0v) is 12.8. The molecule has 0 heterocycles. The molecule has 88 valence electrons. The second-order valence-corrected chi connectivity index (χ2v) is 6.73. The molecule has 0 fully saturated rings. The van der Waals surface area contributed by atoms with Crippen LogP contribution in [0.5, 0.6) is 0 Å². The number of hydrogen-bond donors (Lipinski definition) is 0. The van der Waals surface area contributed by atoms with Gasteiger partial charge in [-0.25, -0.2) is 4.39 Å². The molecular formula is C12H12Br2ClF. The molecule has 2 rings (SSSR count). The van der Waals surface area contributed by atoms with Crippen molar-refractivity contribution >= 4 is 43.5 Å². The number of fused-ring (bicyclic) bond motifs is 1. The lowest BCUT2D eigenvalue weighted by atomic mass is 10.0. The van der Waals surface area contributed by atoms with Crippen LogP contribution in [0.25, 0.3) is 0 Å². The van der Waals surface area contributed by atoms with Gasteiger partial charge in [-0.05, 0) is 58.3 Å². The summed E-state index contributed by atoms with van der Waals surface area (Å²) >= 11 is 13.2. The van der Waals surface area contributed by atoms with Crippen molar-refractivity contribution in [2.45, 2.75) is 31.0 Å². The molecule has 0 bridgehead atoms. The highest BCUT2D eigenvalue weighted by Gasteiger charge is 2.26. The van der Waals surface area contributed by atoms with E-state index < -0.39 is 0 Å². The first kappa shape index (κ1) is 12.8. The minimum atomic E-state index is -0.148. The highest BCUT2D eigenvalue weighted by atomic mass is 79.9. The largest absolute Gasteiger partial charge is 0.207 e. The summed E-state index contributed by atoms with van der Waals surface area (Å²) in [5.41, 5.74) is 1.71. The van der Waals surface area contributed by atoms with Gasteiger partial charge < -0.3 is 0 Å². The van der Waals surface area contributed by atoms with E-state index in [2.05, 4.69) is 38.8 Å². The molecule has 1 aromatic rings. The molecule has 0 nitrogen and oxygen atoms in total. The normalized spacial score (nSPS) is 25.1. The van der Waals surface area contributed by atoms with Gasteiger partial charge >= 0.3 is 0 Å². The van der Waals surface area contributed by atoms with Crippen molar-refractivity contribution in [3.8, 4) is 0 Å². The van der Waals surface area contributed by atoms with Crippen LogP contribution >= 0.6 is 43.5 Å². The minimum Gasteiger partial charge on any atom is -0.207 e. The lowest BCUT2D eigenvalue weighted by Crippen LogP contribution is -1.99. The van der Waals surface area contributed by atoms with Gasteiger partial charge in [-0.2, -0.15) is 0 Å². The van der Waals surface area contributed by atoms with Gasteiger partial charge in [0.1, 0.15) is 5.82 Å². The third-order valence-electron chi connectivity index (χ3n) is 3.12. The summed E-state index contributed by atoms with van der Waals surface area (Å²) in [7, 11) is 0. The molecule has 0 spiro atoms. The van der Waals surface area contributed by atoms with Gasteiger partial charge in [-0.3, -0.25) is 0 Å². The van der Waals surface area contributed by atoms with E-state index in [0.29, 0.717) is 15.4 Å². The quantitative estimate of drug-likeness (QED) is 0.314. The lowest BCUT2D eigenvalue weighted by Gasteiger charge is -2.16. The first-order valence-corrected chi connectivity index (χ1v) is 7.39. The molecule has 2 unspecified atom stereocenters. The highest BCUT2D eigenvalue weighted by molar-refractivity contribution is 9.10. The molecule has 0 amide bonds. The maximum atomic E-state index is 13.9. The summed E-state index contributed by atoms with van der Waals surface area (Å²) in [6.07, 6.45) is 2.80. The monoisotopic (exact) mass is 368 g/mol. The zero-order valence-electron chi connectivity index (χ0n) is 8.87. The summed E-state index contributed by atoms with van der Waals surface area (Å²) in [5.74, 6) is 0.441. The van der Waals surface area contributed by atoms with Crippen molar-refractivity contribution < 1.29 is 4.39 Å². The van der Waals surface area contributed by atoms with Crippen LogP contribution in [0.2, 0.25) is 5.02 Å². The minimum absolute atomic E-state index is 0.148. The smallest absolute Gasteiger partial charge is 0.127 e. The van der Waals surface area contributed by atoms with Gasteiger partial charge in [0.15, 0.2) is 0 Å². The number of alkyl halides is 1. The average Bonchev–Trinajstić information content (AvgIpc) is 2.34. The molecule has 4 heteroatoms. The molecule has 1 aliphatic carbocycles. The van der Waals surface area contributed by atoms with E-state index in [1.165, 1.54) is 6.07 Å². The maximum Gasteiger partial charge on any atom is 0.127 e. The van der Waals surface area contributed by atoms with Gasteiger partial charge in [0.2, 0.25) is 0 Å². The first-order valence-electron chi connectivity index (χ1n) is 5.31. The van der Waals surface area contributed by atoms with E-state index in [4.69, 9.17) is 11.6 Å². The van der Waals surface area contributed by atoms with Crippen LogP contribution in [0, 0.1) is 11.7 Å². The Labute approximate surface area is 117 Å². The Bertz CT molecular complexity index is 420. The second kappa shape index (κ2) is 4.95. The van der Waals surface area contributed by atoms with Gasteiger partial charge in [-0.15, -0.1) is 0 Å². The van der Waals surface area contributed by atoms with Crippen molar-refractivity contribution in [1.29, 1.82) is 0 Å². The Morgan fingerprint density at radius 2 is 2.19 bits per heavy atom. The molecule has 0 aromatic heterocycles. The molecular weight excluding hydrogens is 358 g/mol. The van der Waals surface area contributed by atoms with Crippen LogP contribution in [0.1, 0.15) is 35.7 Å². The standard InChI is InChI=1S/C12H12Br2ClF/c1-6-2-3-7-10(16)5-9(14)12(15)11(7)8(13)4-6/h5-6,8H,2-4H2,1H3. The Kier molecular flexibility index (Phi) is 3.97. The van der Waals surface area contributed by atoms with Gasteiger partial charge in [0, 0.05) is 9.30 Å². The Balaban J connectivity index is 2.59. The number of hydrogen-bond acceptors (Lipinski definition) is 0. The SMILES string of the molecule is CC1CCc2c(F)cc(Br)c(Cl)c2C(Br)C1. The van der Waals surface area contributed by atoms with Crippen LogP contribution in [-0.4, -0.2) is 0 Å². The lowest BCUT2D eigenvalue weighted by molar-refractivity contribution is 0.504. The number of rotatable bonds is 0. The van der Waals surface area contributed by atoms with E-state index in [9.17, 15) is 4.39 Å². The zero-order chi connectivity index (χ0) is 11.9. The molecule has 0 aliphatic heterocycles. The van der Waals surface area contributed by atoms with Crippen LogP contribution in [-0.2, 0) is 6.42 Å². The van der Waals surface area contributed by atoms with Crippen molar-refractivity contribution in [3.63, 3.8) is 0 Å². The van der Waals surface area contributed by atoms with Gasteiger partial charge in [-0.1, -0.05) is 34.5 Å². The van der Waals surface area contributed by atoms with E-state index in [1.54, 1.807) is 0 Å². The van der Waals surface area contributed by atoms with E-state index in [1.807, 2.05) is 0 Å². The molecule has 16 heavy (non-hydrogen) atoms. The third-order valence-corrected chi connectivity index (χ3v) is 5.22. The fourth-order valence-corrected chi connectivity index (χ4v) is 4.20. The van der Waals surface area contributed by atoms with Gasteiger partial charge in [0.25, 0.3) is 0 Å². The Hall–Kier alpha value is 0.400. The third kappa shape index (κ3) is 2.32. The summed E-state index contributed by atoms with van der Waals surface area (Å²) in [6.45, 7) is 2.20. The molecule has 1 aliphatic rings. The van der Waals surface area contributed by atoms with E-state index >= 15 is 0 Å². The summed E-state index contributed by atoms with van der Waals surface area (Å²) in [4.78, 5) is 0.152. The van der Waals surface area contributed by atoms with Crippen molar-refractivity contribution in [3.05, 3.63) is 32.5 Å². The van der Waals surface area contributed by atoms with Crippen LogP contribution in [0.3, 0.4) is 0 Å². The van der Waals surface area contributed by atoms with Crippen LogP contribution in [0.4, 0.5) is 4.39 Å². The van der Waals surface area contributed by atoms with E-state index in [0.717, 1.165) is 30.4 Å². The van der Waals surface area contributed by atoms with Crippen LogP contribution in [0.15, 0.2) is 10.5 Å². The molecule has 1 aromatic carbocycles. The predicted octanol–water partition coefficient (Wildman–Crippen LogP) is 5.65. The maximum absolute atomic E-state index is 13.9. The summed E-state index contributed by atoms with van der Waals surface area (Å²) in [5, 5.41) is 0.646. The first-order chi connectivity index (χ1) is 7.50. The fraction of sp³-hybridized carbons (Fsp3) is 0.500. The van der Waals surface area contributed by atoms with Gasteiger partial charge in [0.05, 0.1) is 5.02 Å². The van der Waals surface area contributed by atoms with Crippen molar-refractivity contribution in [2.75, 3.05) is 0 Å². The Morgan fingerprint density at radius 3 is 2.88 bits per heavy atom. The molecule has 0 radical (unpaired) electrons. The Morgan fingerprint density at radius 1 is 1.50 bits per heavy atom. The van der Waals surface area contributed by atoms with Crippen molar-refractivity contribution in [1.82, 2.24) is 0 Å². The van der Waals surface area contributed by atoms with Crippen LogP contribution < -0.4 is 0 Å². The molecule has 0 saturated carbocycles. The number of halogens is 4. The summed E-state index contributed by atoms with van der Waals surface area (Å²) < 4.78 is 14.5. The number of benzene rings is 1. The molecule has 0 saturated heterocycles. The second-order valence-electron chi connectivity index (χ2n) is 4.39. The topological polar surface area (TPSA) is 0 Å². The fourth-order valence-electron chi connectivity index (χ4n) is 2.21. The highest BCUT2D eigenvalue weighted by Crippen LogP contribution is 2.44. The predicted molar refractivity (Wildman–Crippen MR) is 72.9 cm³/mol. The molecule has 0 N–H and O–H groups in total. The average molecular weight is 370 g/mol. The molecule has 2 atom stereocenters. The summed E-state index contributed by atoms with van der Waals surface area (Å²) in [6, 6.07) is 1.47. The van der Waals surface area contributed by atoms with Crippen molar-refractivity contribution in [2.24, 2.45) is 5.92 Å². The van der Waals surface area contributed by atoms with E-state index in [-0.39, 0.29) is 10.6 Å².